The van der Waals surface area contributed by atoms with Crippen LogP contribution in [0.15, 0.2) is 24.4 Å². The summed E-state index contributed by atoms with van der Waals surface area (Å²) in [6, 6.07) is 4.73. The zero-order valence-electron chi connectivity index (χ0n) is 13.0. The number of aromatic nitrogens is 1. The minimum atomic E-state index is -0.247. The Labute approximate surface area is 141 Å². The molecule has 3 rings (SSSR count). The van der Waals surface area contributed by atoms with Crippen LogP contribution in [0.5, 0.6) is 0 Å². The number of aromatic amines is 1. The van der Waals surface area contributed by atoms with Gasteiger partial charge in [-0.3, -0.25) is 4.79 Å². The Morgan fingerprint density at radius 2 is 2.22 bits per heavy atom. The van der Waals surface area contributed by atoms with Crippen LogP contribution in [0.25, 0.3) is 10.9 Å². The Morgan fingerprint density at radius 3 is 3.00 bits per heavy atom. The van der Waals surface area contributed by atoms with Crippen LogP contribution in [0.3, 0.4) is 0 Å². The lowest BCUT2D eigenvalue weighted by atomic mass is 9.95. The predicted octanol–water partition coefficient (Wildman–Crippen LogP) is 2.76. The first-order chi connectivity index (χ1) is 10.7. The van der Waals surface area contributed by atoms with Gasteiger partial charge in [0.15, 0.2) is 0 Å². The Kier molecular flexibility index (Phi) is 6.02. The fraction of sp³-hybridized carbons (Fsp3) is 0.471. The van der Waals surface area contributed by atoms with Crippen molar-refractivity contribution in [2.75, 3.05) is 13.1 Å². The normalized spacial score (nSPS) is 20.4. The second-order valence-electron chi connectivity index (χ2n) is 6.08. The standard InChI is InChI=1S/C17H22FN3O.ClH/c18-13-4-5-14-12(10-21-16(14)8-13)6-7-20-17(22)15-3-1-2-11(15)9-19;/h4-5,8,10-11,15,21H,1-3,6-7,9,19H2,(H,20,22);1H/t11-,15-;/m1./s1. The van der Waals surface area contributed by atoms with E-state index in [2.05, 4.69) is 10.3 Å². The highest BCUT2D eigenvalue weighted by atomic mass is 35.5. The summed E-state index contributed by atoms with van der Waals surface area (Å²) in [6.07, 6.45) is 5.71. The Balaban J connectivity index is 0.00000192. The molecule has 6 heteroatoms. The third-order valence-corrected chi connectivity index (χ3v) is 4.72. The molecule has 1 aromatic heterocycles. The molecular weight excluding hydrogens is 317 g/mol. The zero-order chi connectivity index (χ0) is 15.5. The zero-order valence-corrected chi connectivity index (χ0v) is 13.8. The van der Waals surface area contributed by atoms with Crippen LogP contribution in [-0.2, 0) is 11.2 Å². The fourth-order valence-electron chi connectivity index (χ4n) is 3.48. The third-order valence-electron chi connectivity index (χ3n) is 4.72. The van der Waals surface area contributed by atoms with Crippen molar-refractivity contribution in [3.05, 3.63) is 35.8 Å². The van der Waals surface area contributed by atoms with Gasteiger partial charge in [-0.1, -0.05) is 6.42 Å². The van der Waals surface area contributed by atoms with E-state index in [1.54, 1.807) is 6.07 Å². The SMILES string of the molecule is Cl.NC[C@H]1CCC[C@H]1C(=O)NCCc1c[nH]c2cc(F)ccc12. The Hall–Kier alpha value is -1.59. The summed E-state index contributed by atoms with van der Waals surface area (Å²) in [5.74, 6) is 0.278. The predicted molar refractivity (Wildman–Crippen MR) is 92.1 cm³/mol. The van der Waals surface area contributed by atoms with Crippen molar-refractivity contribution in [2.45, 2.75) is 25.7 Å². The smallest absolute Gasteiger partial charge is 0.223 e. The number of carbonyl (C=O) groups excluding carboxylic acids is 1. The molecule has 0 unspecified atom stereocenters. The average Bonchev–Trinajstić information content (AvgIpc) is 3.13. The molecule has 4 nitrogen and oxygen atoms in total. The summed E-state index contributed by atoms with van der Waals surface area (Å²) in [5.41, 5.74) is 7.61. The van der Waals surface area contributed by atoms with Gasteiger partial charge in [-0.15, -0.1) is 12.4 Å². The van der Waals surface area contributed by atoms with Crippen molar-refractivity contribution in [1.29, 1.82) is 0 Å². The monoisotopic (exact) mass is 339 g/mol. The van der Waals surface area contributed by atoms with Crippen LogP contribution in [0, 0.1) is 17.7 Å². The molecule has 1 aliphatic carbocycles. The molecule has 0 bridgehead atoms. The molecule has 0 radical (unpaired) electrons. The molecule has 1 amide bonds. The molecule has 4 N–H and O–H groups in total. The molecule has 0 spiro atoms. The number of fused-ring (bicyclic) bond motifs is 1. The molecule has 0 saturated heterocycles. The second-order valence-corrected chi connectivity index (χ2v) is 6.08. The van der Waals surface area contributed by atoms with Gasteiger partial charge in [0.25, 0.3) is 0 Å². The number of hydrogen-bond acceptors (Lipinski definition) is 2. The van der Waals surface area contributed by atoms with Crippen molar-refractivity contribution < 1.29 is 9.18 Å². The summed E-state index contributed by atoms with van der Waals surface area (Å²) in [4.78, 5) is 15.3. The van der Waals surface area contributed by atoms with Crippen LogP contribution in [0.4, 0.5) is 4.39 Å². The van der Waals surface area contributed by atoms with Crippen molar-refractivity contribution in [3.8, 4) is 0 Å². The lowest BCUT2D eigenvalue weighted by Crippen LogP contribution is -2.36. The average molecular weight is 340 g/mol. The maximum atomic E-state index is 13.2. The molecule has 1 heterocycles. The van der Waals surface area contributed by atoms with Crippen molar-refractivity contribution in [2.24, 2.45) is 17.6 Å². The minimum absolute atomic E-state index is 0. The summed E-state index contributed by atoms with van der Waals surface area (Å²) < 4.78 is 13.2. The van der Waals surface area contributed by atoms with Gasteiger partial charge in [-0.05, 0) is 55.5 Å². The summed E-state index contributed by atoms with van der Waals surface area (Å²) >= 11 is 0. The third kappa shape index (κ3) is 3.85. The summed E-state index contributed by atoms with van der Waals surface area (Å²) in [7, 11) is 0. The topological polar surface area (TPSA) is 70.9 Å². The van der Waals surface area contributed by atoms with E-state index in [0.29, 0.717) is 19.0 Å². The van der Waals surface area contributed by atoms with E-state index in [1.807, 2.05) is 6.20 Å². The van der Waals surface area contributed by atoms with Crippen LogP contribution in [0.2, 0.25) is 0 Å². The minimum Gasteiger partial charge on any atom is -0.361 e. The van der Waals surface area contributed by atoms with Gasteiger partial charge in [0.2, 0.25) is 5.91 Å². The molecule has 23 heavy (non-hydrogen) atoms. The van der Waals surface area contributed by atoms with Gasteiger partial charge in [-0.25, -0.2) is 4.39 Å². The van der Waals surface area contributed by atoms with Gasteiger partial charge >= 0.3 is 0 Å². The van der Waals surface area contributed by atoms with Crippen LogP contribution in [0.1, 0.15) is 24.8 Å². The van der Waals surface area contributed by atoms with E-state index < -0.39 is 0 Å². The highest BCUT2D eigenvalue weighted by Crippen LogP contribution is 2.30. The van der Waals surface area contributed by atoms with E-state index in [1.165, 1.54) is 12.1 Å². The van der Waals surface area contributed by atoms with E-state index in [4.69, 9.17) is 5.73 Å². The molecule has 0 aliphatic heterocycles. The van der Waals surface area contributed by atoms with Gasteiger partial charge in [-0.2, -0.15) is 0 Å². The number of carbonyl (C=O) groups is 1. The maximum Gasteiger partial charge on any atom is 0.223 e. The number of rotatable bonds is 5. The highest BCUT2D eigenvalue weighted by Gasteiger charge is 2.31. The number of hydrogen-bond donors (Lipinski definition) is 3. The second kappa shape index (κ2) is 7.79. The number of amides is 1. The lowest BCUT2D eigenvalue weighted by Gasteiger charge is -2.17. The van der Waals surface area contributed by atoms with Gasteiger partial charge < -0.3 is 16.0 Å². The van der Waals surface area contributed by atoms with E-state index in [0.717, 1.165) is 42.1 Å². The number of H-pyrrole nitrogens is 1. The molecule has 1 aromatic carbocycles. The molecule has 2 atom stereocenters. The number of nitrogens with two attached hydrogens (primary N) is 1. The molecular formula is C17H23ClFN3O. The van der Waals surface area contributed by atoms with Gasteiger partial charge in [0, 0.05) is 29.6 Å². The van der Waals surface area contributed by atoms with Crippen molar-refractivity contribution in [1.82, 2.24) is 10.3 Å². The molecule has 126 valence electrons. The summed E-state index contributed by atoms with van der Waals surface area (Å²) in [6.45, 7) is 1.18. The molecule has 1 aliphatic rings. The number of nitrogens with one attached hydrogen (secondary N) is 2. The number of benzene rings is 1. The fourth-order valence-corrected chi connectivity index (χ4v) is 3.48. The number of halogens is 2. The quantitative estimate of drug-likeness (QED) is 0.784. The van der Waals surface area contributed by atoms with Crippen molar-refractivity contribution >= 4 is 29.2 Å². The van der Waals surface area contributed by atoms with Crippen LogP contribution >= 0.6 is 12.4 Å². The van der Waals surface area contributed by atoms with Crippen LogP contribution in [-0.4, -0.2) is 24.0 Å². The van der Waals surface area contributed by atoms with E-state index in [9.17, 15) is 9.18 Å². The van der Waals surface area contributed by atoms with Crippen LogP contribution < -0.4 is 11.1 Å². The maximum absolute atomic E-state index is 13.2. The lowest BCUT2D eigenvalue weighted by molar-refractivity contribution is -0.125. The first-order valence-corrected chi connectivity index (χ1v) is 7.92. The van der Waals surface area contributed by atoms with Crippen molar-refractivity contribution in [3.63, 3.8) is 0 Å². The Bertz CT molecular complexity index is 673. The van der Waals surface area contributed by atoms with E-state index >= 15 is 0 Å². The molecule has 1 saturated carbocycles. The molecule has 2 aromatic rings. The van der Waals surface area contributed by atoms with E-state index in [-0.39, 0.29) is 30.0 Å². The van der Waals surface area contributed by atoms with Gasteiger partial charge in [0.05, 0.1) is 0 Å². The first kappa shape index (κ1) is 17.8. The highest BCUT2D eigenvalue weighted by molar-refractivity contribution is 5.85. The Morgan fingerprint density at radius 1 is 1.39 bits per heavy atom. The largest absolute Gasteiger partial charge is 0.361 e. The molecule has 1 fully saturated rings. The van der Waals surface area contributed by atoms with Gasteiger partial charge in [0.1, 0.15) is 5.82 Å². The summed E-state index contributed by atoms with van der Waals surface area (Å²) in [5, 5.41) is 4.03. The first-order valence-electron chi connectivity index (χ1n) is 7.92.